The quantitative estimate of drug-likeness (QED) is 0.297. The third-order valence-corrected chi connectivity index (χ3v) is 10.2. The number of allylic oxidation sites excluding steroid dienone is 1. The van der Waals surface area contributed by atoms with Crippen molar-refractivity contribution in [1.82, 2.24) is 14.6 Å². The van der Waals surface area contributed by atoms with E-state index in [0.29, 0.717) is 22.9 Å². The van der Waals surface area contributed by atoms with E-state index < -0.39 is 42.5 Å². The van der Waals surface area contributed by atoms with Crippen LogP contribution in [0.2, 0.25) is 0 Å². The van der Waals surface area contributed by atoms with Gasteiger partial charge in [-0.1, -0.05) is 12.2 Å². The second-order valence-electron chi connectivity index (χ2n) is 11.4. The Morgan fingerprint density at radius 1 is 1.34 bits per heavy atom. The van der Waals surface area contributed by atoms with Crippen LogP contribution in [0.1, 0.15) is 52.7 Å². The molecule has 0 aromatic carbocycles. The van der Waals surface area contributed by atoms with Crippen molar-refractivity contribution in [2.45, 2.75) is 93.1 Å². The molecule has 0 radical (unpaired) electrons. The topological polar surface area (TPSA) is 126 Å². The highest BCUT2D eigenvalue weighted by atomic mass is 32.4. The highest BCUT2D eigenvalue weighted by Crippen LogP contribution is 2.68. The fourth-order valence-corrected chi connectivity index (χ4v) is 8.22. The van der Waals surface area contributed by atoms with E-state index in [2.05, 4.69) is 29.7 Å². The van der Waals surface area contributed by atoms with E-state index >= 15 is 0 Å². The molecule has 0 bridgehead atoms. The van der Waals surface area contributed by atoms with Gasteiger partial charge in [-0.15, -0.1) is 9.05 Å². The van der Waals surface area contributed by atoms with Crippen molar-refractivity contribution >= 4 is 42.9 Å². The van der Waals surface area contributed by atoms with Gasteiger partial charge in [-0.25, -0.2) is 9.50 Å². The second kappa shape index (κ2) is 8.66. The first-order valence-electron chi connectivity index (χ1n) is 12.6. The molecule has 2 aliphatic heterocycles. The molecule has 4 aliphatic rings. The van der Waals surface area contributed by atoms with Gasteiger partial charge in [0.2, 0.25) is 17.4 Å². The maximum Gasteiger partial charge on any atom is 0.522 e. The number of ether oxygens (including phenoxy) is 3. The number of hydrogen-bond acceptors (Lipinski definition) is 11. The lowest BCUT2D eigenvalue weighted by molar-refractivity contribution is -0.188. The molecule has 2 N–H and O–H groups in total. The predicted molar refractivity (Wildman–Crippen MR) is 146 cm³/mol. The molecule has 2 aliphatic carbocycles. The molecule has 4 heterocycles. The molecule has 2 saturated heterocycles. The van der Waals surface area contributed by atoms with Gasteiger partial charge in [0, 0.05) is 4.75 Å². The van der Waals surface area contributed by atoms with Crippen LogP contribution >= 0.6 is 19.8 Å². The normalized spacial score (nSPS) is 41.4. The van der Waals surface area contributed by atoms with Crippen molar-refractivity contribution in [2.75, 3.05) is 5.73 Å². The smallest absolute Gasteiger partial charge is 0.382 e. The van der Waals surface area contributed by atoms with Gasteiger partial charge in [0.05, 0.1) is 5.69 Å². The fraction of sp³-hybridized carbons (Fsp3) is 0.640. The molecule has 10 nitrogen and oxygen atoms in total. The molecule has 6 rings (SSSR count). The van der Waals surface area contributed by atoms with Gasteiger partial charge in [-0.05, 0) is 65.0 Å². The lowest BCUT2D eigenvalue weighted by Crippen LogP contribution is -2.46. The highest BCUT2D eigenvalue weighted by molar-refractivity contribution is 8.00. The third-order valence-electron chi connectivity index (χ3n) is 8.30. The molecule has 2 aromatic rings. The number of nitriles is 1. The summed E-state index contributed by atoms with van der Waals surface area (Å²) in [7, 11) is -1.71. The Balaban J connectivity index is 1.26. The summed E-state index contributed by atoms with van der Waals surface area (Å²) in [4.78, 5) is 4.04. The van der Waals surface area contributed by atoms with Crippen molar-refractivity contribution in [3.63, 3.8) is 0 Å². The number of nitrogens with two attached hydrogens (primary N) is 1. The first-order chi connectivity index (χ1) is 17.8. The van der Waals surface area contributed by atoms with Gasteiger partial charge < -0.3 is 19.9 Å². The van der Waals surface area contributed by atoms with E-state index in [1.165, 1.54) is 6.33 Å². The van der Waals surface area contributed by atoms with Crippen LogP contribution in [0.25, 0.3) is 5.52 Å². The van der Waals surface area contributed by atoms with Crippen LogP contribution in [0.3, 0.4) is 0 Å². The molecule has 202 valence electrons. The summed E-state index contributed by atoms with van der Waals surface area (Å²) < 4.78 is 33.0. The fourth-order valence-electron chi connectivity index (χ4n) is 6.22. The molecular formula is C25H31N5O5PS2+. The van der Waals surface area contributed by atoms with Gasteiger partial charge in [-0.2, -0.15) is 23.0 Å². The highest BCUT2D eigenvalue weighted by Gasteiger charge is 2.90. The summed E-state index contributed by atoms with van der Waals surface area (Å²) in [6.45, 7) is 11.9. The Kier molecular flexibility index (Phi) is 6.05. The largest absolute Gasteiger partial charge is 0.522 e. The van der Waals surface area contributed by atoms with E-state index in [9.17, 15) is 5.26 Å². The SMILES string of the molecule is C=C(C)C1CCC(C)(S)C(O[P+](=S)OC2C3OC(C#N)(c4ccc5c(N)ncnn45)C4OC(C)(C)OC234)C1. The number of hydrogen-bond donors (Lipinski definition) is 2. The Bertz CT molecular complexity index is 1390. The van der Waals surface area contributed by atoms with Gasteiger partial charge in [0.15, 0.2) is 23.3 Å². The molecule has 2 aromatic heterocycles. The minimum atomic E-state index is -1.71. The van der Waals surface area contributed by atoms with Crippen LogP contribution in [-0.2, 0) is 40.7 Å². The number of nitrogen functional groups attached to an aromatic ring is 1. The van der Waals surface area contributed by atoms with Crippen molar-refractivity contribution in [1.29, 1.82) is 5.26 Å². The van der Waals surface area contributed by atoms with E-state index in [0.717, 1.165) is 24.8 Å². The van der Waals surface area contributed by atoms with Crippen LogP contribution in [0.4, 0.5) is 5.82 Å². The number of fused-ring (bicyclic) bond motifs is 1. The van der Waals surface area contributed by atoms with Crippen LogP contribution in [-0.4, -0.2) is 55.1 Å². The number of thiol groups is 1. The van der Waals surface area contributed by atoms with E-state index in [1.807, 2.05) is 20.8 Å². The average Bonchev–Trinajstić information content (AvgIpc) is 3.18. The zero-order chi connectivity index (χ0) is 27.3. The van der Waals surface area contributed by atoms with Crippen molar-refractivity contribution in [2.24, 2.45) is 5.92 Å². The van der Waals surface area contributed by atoms with Crippen LogP contribution < -0.4 is 5.73 Å². The number of anilines is 1. The Morgan fingerprint density at radius 3 is 2.82 bits per heavy atom. The maximum atomic E-state index is 10.5. The number of aromatic nitrogens is 3. The van der Waals surface area contributed by atoms with E-state index in [1.54, 1.807) is 16.6 Å². The van der Waals surface area contributed by atoms with Gasteiger partial charge in [-0.3, -0.25) is 0 Å². The Morgan fingerprint density at radius 2 is 2.11 bits per heavy atom. The third kappa shape index (κ3) is 3.79. The molecule has 13 heteroatoms. The minimum absolute atomic E-state index is 0.176. The standard InChI is InChI=1S/C25H30N5O5PS2/c1-13(2)14-8-9-23(5,37)17(10-14)33-36(38)34-19-18-25(19)21(32-22(3,4)35-25)24(11-26,31-18)16-7-6-15-20(27)28-12-29-30(15)16/h6-7,12,14,17-19,21H,1,8-10H2,2-5H3,(H2-,27,28,29,37)/p+1. The summed E-state index contributed by atoms with van der Waals surface area (Å²) >= 11 is 10.6. The van der Waals surface area contributed by atoms with Crippen molar-refractivity contribution in [3.8, 4) is 6.07 Å². The summed E-state index contributed by atoms with van der Waals surface area (Å²) in [6.07, 6.45) is 1.96. The molecule has 0 amide bonds. The zero-order valence-corrected chi connectivity index (χ0v) is 24.3. The van der Waals surface area contributed by atoms with E-state index in [-0.39, 0.29) is 10.9 Å². The van der Waals surface area contributed by atoms with Crippen LogP contribution in [0, 0.1) is 17.2 Å². The van der Waals surface area contributed by atoms with Crippen molar-refractivity contribution < 1.29 is 23.3 Å². The summed E-state index contributed by atoms with van der Waals surface area (Å²) in [5.74, 6) is -0.312. The second-order valence-corrected chi connectivity index (χ2v) is 14.2. The Hall–Kier alpha value is -1.68. The lowest BCUT2D eigenvalue weighted by Gasteiger charge is -2.38. The van der Waals surface area contributed by atoms with Gasteiger partial charge >= 0.3 is 7.15 Å². The first kappa shape index (κ1) is 26.5. The maximum absolute atomic E-state index is 10.5. The van der Waals surface area contributed by atoms with Crippen LogP contribution in [0.5, 0.6) is 0 Å². The zero-order valence-electron chi connectivity index (χ0n) is 21.7. The predicted octanol–water partition coefficient (Wildman–Crippen LogP) is 3.94. The number of nitrogens with zero attached hydrogens (tertiary/aromatic N) is 4. The average molecular weight is 577 g/mol. The summed E-state index contributed by atoms with van der Waals surface area (Å²) in [5, 5.41) is 14.8. The molecular weight excluding hydrogens is 545 g/mol. The van der Waals surface area contributed by atoms with E-state index in [4.69, 9.17) is 53.4 Å². The summed E-state index contributed by atoms with van der Waals surface area (Å²) in [6, 6.07) is 5.86. The van der Waals surface area contributed by atoms with Crippen molar-refractivity contribution in [3.05, 3.63) is 36.3 Å². The molecule has 4 fully saturated rings. The van der Waals surface area contributed by atoms with Crippen LogP contribution in [0.15, 0.2) is 30.6 Å². The monoisotopic (exact) mass is 576 g/mol. The molecule has 9 unspecified atom stereocenters. The molecule has 9 atom stereocenters. The lowest BCUT2D eigenvalue weighted by atomic mass is 9.77. The van der Waals surface area contributed by atoms with Gasteiger partial charge in [0.1, 0.15) is 36.2 Å². The first-order valence-corrected chi connectivity index (χ1v) is 15.2. The number of rotatable bonds is 6. The molecule has 38 heavy (non-hydrogen) atoms. The Labute approximate surface area is 232 Å². The molecule has 1 spiro atoms. The van der Waals surface area contributed by atoms with Gasteiger partial charge in [0.25, 0.3) is 0 Å². The minimum Gasteiger partial charge on any atom is -0.382 e. The summed E-state index contributed by atoms with van der Waals surface area (Å²) in [5.41, 5.74) is 5.71. The molecule has 2 saturated carbocycles.